The quantitative estimate of drug-likeness (QED) is 0.645. The van der Waals surface area contributed by atoms with Gasteiger partial charge < -0.3 is 9.47 Å². The molecule has 0 fully saturated rings. The Hall–Kier alpha value is -0.780. The van der Waals surface area contributed by atoms with Crippen molar-refractivity contribution in [1.29, 1.82) is 0 Å². The molecule has 0 aromatic heterocycles. The maximum absolute atomic E-state index is 11.8. The Balaban J connectivity index is 3.70. The van der Waals surface area contributed by atoms with Gasteiger partial charge in [-0.15, -0.1) is 0 Å². The van der Waals surface area contributed by atoms with E-state index < -0.39 is 24.9 Å². The smallest absolute Gasteiger partial charge is 0.414 e. The molecule has 1 unspecified atom stereocenters. The van der Waals surface area contributed by atoms with Crippen LogP contribution < -0.4 is 0 Å². The number of halogens is 3. The molecular weight excluding hydrogens is 189 g/mol. The molecule has 78 valence electrons. The van der Waals surface area contributed by atoms with E-state index in [1.54, 1.807) is 6.92 Å². The highest BCUT2D eigenvalue weighted by Crippen LogP contribution is 2.21. The summed E-state index contributed by atoms with van der Waals surface area (Å²) in [6.45, 7) is 1.85. The van der Waals surface area contributed by atoms with E-state index in [9.17, 15) is 18.0 Å². The summed E-state index contributed by atoms with van der Waals surface area (Å²) in [5.74, 6) is -0.793. The molecule has 0 aliphatic rings. The predicted molar refractivity (Wildman–Crippen MR) is 38.1 cm³/mol. The highest BCUT2D eigenvalue weighted by Gasteiger charge is 2.37. The van der Waals surface area contributed by atoms with Crippen LogP contribution in [0.4, 0.5) is 13.2 Å². The lowest BCUT2D eigenvalue weighted by molar-refractivity contribution is -0.216. The second-order valence-electron chi connectivity index (χ2n) is 2.30. The molecule has 0 saturated heterocycles. The van der Waals surface area contributed by atoms with Crippen LogP contribution in [0.25, 0.3) is 0 Å². The summed E-state index contributed by atoms with van der Waals surface area (Å²) in [7, 11) is 0. The van der Waals surface area contributed by atoms with E-state index in [0.29, 0.717) is 0 Å². The van der Waals surface area contributed by atoms with Gasteiger partial charge in [0.25, 0.3) is 0 Å². The highest BCUT2D eigenvalue weighted by atomic mass is 19.4. The van der Waals surface area contributed by atoms with E-state index in [1.807, 2.05) is 0 Å². The summed E-state index contributed by atoms with van der Waals surface area (Å²) in [6, 6.07) is 0. The van der Waals surface area contributed by atoms with Crippen LogP contribution in [0.5, 0.6) is 0 Å². The van der Waals surface area contributed by atoms with Crippen molar-refractivity contribution in [1.82, 2.24) is 0 Å². The molecule has 0 heterocycles. The van der Waals surface area contributed by atoms with Crippen LogP contribution in [0.2, 0.25) is 0 Å². The fourth-order valence-electron chi connectivity index (χ4n) is 0.490. The Bertz CT molecular complexity index is 167. The molecule has 0 bridgehead atoms. The van der Waals surface area contributed by atoms with Crippen molar-refractivity contribution in [3.05, 3.63) is 0 Å². The van der Waals surface area contributed by atoms with Gasteiger partial charge in [0.15, 0.2) is 6.10 Å². The Kier molecular flexibility index (Phi) is 4.76. The average Bonchev–Trinajstić information content (AvgIpc) is 1.99. The summed E-state index contributed by atoms with van der Waals surface area (Å²) in [5.41, 5.74) is 0. The Morgan fingerprint density at radius 3 is 2.38 bits per heavy atom. The van der Waals surface area contributed by atoms with Crippen molar-refractivity contribution in [2.24, 2.45) is 0 Å². The minimum absolute atomic E-state index is 0.128. The zero-order valence-electron chi connectivity index (χ0n) is 7.35. The third-order valence-corrected chi connectivity index (χ3v) is 1.22. The third-order valence-electron chi connectivity index (χ3n) is 1.22. The first kappa shape index (κ1) is 12.2. The topological polar surface area (TPSA) is 35.5 Å². The first-order valence-corrected chi connectivity index (χ1v) is 3.71. The van der Waals surface area contributed by atoms with Gasteiger partial charge in [-0.3, -0.25) is 0 Å². The zero-order valence-corrected chi connectivity index (χ0v) is 7.35. The first-order valence-electron chi connectivity index (χ1n) is 3.71. The number of carbonyl (C=O) groups is 1. The van der Waals surface area contributed by atoms with Crippen molar-refractivity contribution < 1.29 is 27.4 Å². The minimum Gasteiger partial charge on any atom is -0.464 e. The zero-order chi connectivity index (χ0) is 10.5. The SMILES string of the molecule is CCOC(=O)COC(C)C(F)(F)F. The van der Waals surface area contributed by atoms with E-state index >= 15 is 0 Å². The van der Waals surface area contributed by atoms with Crippen molar-refractivity contribution in [2.45, 2.75) is 26.1 Å². The van der Waals surface area contributed by atoms with Gasteiger partial charge in [0, 0.05) is 0 Å². The van der Waals surface area contributed by atoms with Crippen LogP contribution in [-0.4, -0.2) is 31.5 Å². The molecule has 13 heavy (non-hydrogen) atoms. The molecule has 6 heteroatoms. The Morgan fingerprint density at radius 2 is 2.00 bits per heavy atom. The van der Waals surface area contributed by atoms with E-state index in [2.05, 4.69) is 9.47 Å². The van der Waals surface area contributed by atoms with Gasteiger partial charge in [0.05, 0.1) is 6.61 Å². The normalized spacial score (nSPS) is 13.9. The average molecular weight is 200 g/mol. The fraction of sp³-hybridized carbons (Fsp3) is 0.857. The molecule has 0 saturated carbocycles. The molecule has 0 aromatic rings. The van der Waals surface area contributed by atoms with Crippen LogP contribution in [0.3, 0.4) is 0 Å². The maximum atomic E-state index is 11.8. The summed E-state index contributed by atoms with van der Waals surface area (Å²) >= 11 is 0. The third kappa shape index (κ3) is 5.46. The molecule has 3 nitrogen and oxygen atoms in total. The van der Waals surface area contributed by atoms with Gasteiger partial charge in [-0.1, -0.05) is 0 Å². The number of rotatable bonds is 4. The van der Waals surface area contributed by atoms with Crippen LogP contribution in [0.15, 0.2) is 0 Å². The molecular formula is C7H11F3O3. The maximum Gasteiger partial charge on any atom is 0.414 e. The Labute approximate surface area is 73.8 Å². The summed E-state index contributed by atoms with van der Waals surface area (Å²) in [4.78, 5) is 10.6. The minimum atomic E-state index is -4.44. The van der Waals surface area contributed by atoms with Gasteiger partial charge in [-0.2, -0.15) is 13.2 Å². The molecule has 0 amide bonds. The molecule has 1 atom stereocenters. The molecule has 0 radical (unpaired) electrons. The summed E-state index contributed by atoms with van der Waals surface area (Å²) < 4.78 is 44.0. The first-order chi connectivity index (χ1) is 5.88. The molecule has 0 aliphatic heterocycles. The summed E-state index contributed by atoms with van der Waals surface area (Å²) in [6.07, 6.45) is -6.39. The number of ether oxygens (including phenoxy) is 2. The monoisotopic (exact) mass is 200 g/mol. The van der Waals surface area contributed by atoms with E-state index in [-0.39, 0.29) is 6.61 Å². The molecule has 0 aliphatic carbocycles. The largest absolute Gasteiger partial charge is 0.464 e. The van der Waals surface area contributed by atoms with Gasteiger partial charge in [-0.05, 0) is 13.8 Å². The van der Waals surface area contributed by atoms with E-state index in [1.165, 1.54) is 0 Å². The highest BCUT2D eigenvalue weighted by molar-refractivity contribution is 5.70. The number of esters is 1. The molecule has 0 aromatic carbocycles. The van der Waals surface area contributed by atoms with Crippen LogP contribution in [0, 0.1) is 0 Å². The van der Waals surface area contributed by atoms with Crippen LogP contribution >= 0.6 is 0 Å². The van der Waals surface area contributed by atoms with Crippen molar-refractivity contribution in [3.63, 3.8) is 0 Å². The van der Waals surface area contributed by atoms with Crippen LogP contribution in [-0.2, 0) is 14.3 Å². The summed E-state index contributed by atoms with van der Waals surface area (Å²) in [5, 5.41) is 0. The number of hydrogen-bond acceptors (Lipinski definition) is 3. The second-order valence-corrected chi connectivity index (χ2v) is 2.30. The molecule has 0 rings (SSSR count). The van der Waals surface area contributed by atoms with Gasteiger partial charge in [0.2, 0.25) is 0 Å². The molecule has 0 N–H and O–H groups in total. The van der Waals surface area contributed by atoms with E-state index in [0.717, 1.165) is 6.92 Å². The number of hydrogen-bond donors (Lipinski definition) is 0. The second kappa shape index (κ2) is 5.06. The lowest BCUT2D eigenvalue weighted by Gasteiger charge is -2.15. The van der Waals surface area contributed by atoms with Crippen molar-refractivity contribution in [3.8, 4) is 0 Å². The van der Waals surface area contributed by atoms with Gasteiger partial charge >= 0.3 is 12.1 Å². The molecule has 0 spiro atoms. The number of alkyl halides is 3. The van der Waals surface area contributed by atoms with Gasteiger partial charge in [0.1, 0.15) is 6.61 Å². The lowest BCUT2D eigenvalue weighted by Crippen LogP contribution is -2.30. The lowest BCUT2D eigenvalue weighted by atomic mass is 10.4. The number of carbonyl (C=O) groups excluding carboxylic acids is 1. The van der Waals surface area contributed by atoms with Crippen molar-refractivity contribution >= 4 is 5.97 Å². The van der Waals surface area contributed by atoms with E-state index in [4.69, 9.17) is 0 Å². The standard InChI is InChI=1S/C7H11F3O3/c1-3-12-6(11)4-13-5(2)7(8,9)10/h5H,3-4H2,1-2H3. The van der Waals surface area contributed by atoms with Crippen molar-refractivity contribution in [2.75, 3.05) is 13.2 Å². The Morgan fingerprint density at radius 1 is 1.46 bits per heavy atom. The van der Waals surface area contributed by atoms with Crippen LogP contribution in [0.1, 0.15) is 13.8 Å². The predicted octanol–water partition coefficient (Wildman–Crippen LogP) is 1.52. The fourth-order valence-corrected chi connectivity index (χ4v) is 0.490. The van der Waals surface area contributed by atoms with Gasteiger partial charge in [-0.25, -0.2) is 4.79 Å².